The van der Waals surface area contributed by atoms with Gasteiger partial charge in [0.05, 0.1) is 23.4 Å². The molecule has 0 fully saturated rings. The molecule has 0 saturated heterocycles. The second-order valence-electron chi connectivity index (χ2n) is 4.20. The Morgan fingerprint density at radius 2 is 1.86 bits per heavy atom. The van der Waals surface area contributed by atoms with Crippen molar-refractivity contribution in [1.82, 2.24) is 0 Å². The van der Waals surface area contributed by atoms with Gasteiger partial charge in [0.1, 0.15) is 5.75 Å². The van der Waals surface area contributed by atoms with Gasteiger partial charge in [-0.05, 0) is 34.1 Å². The third-order valence-corrected chi connectivity index (χ3v) is 3.46. The SMILES string of the molecule is COc1ccc([N+](=O)[O-])cc1NC(=O)Nc1ccccc1Br. The highest BCUT2D eigenvalue weighted by atomic mass is 79.9. The van der Waals surface area contributed by atoms with Gasteiger partial charge in [-0.1, -0.05) is 12.1 Å². The van der Waals surface area contributed by atoms with E-state index >= 15 is 0 Å². The number of nitro benzene ring substituents is 1. The number of urea groups is 1. The Bertz CT molecular complexity index is 721. The molecule has 2 N–H and O–H groups in total. The first-order valence-corrected chi connectivity index (χ1v) is 6.95. The van der Waals surface area contributed by atoms with Crippen LogP contribution in [0.25, 0.3) is 0 Å². The van der Waals surface area contributed by atoms with E-state index in [1.807, 2.05) is 6.07 Å². The first kappa shape index (κ1) is 15.8. The predicted molar refractivity (Wildman–Crippen MR) is 86.4 cm³/mol. The number of nitro groups is 1. The Hall–Kier alpha value is -2.61. The van der Waals surface area contributed by atoms with E-state index in [0.717, 1.165) is 4.47 Å². The van der Waals surface area contributed by atoms with Crippen molar-refractivity contribution in [2.45, 2.75) is 0 Å². The molecular weight excluding hydrogens is 354 g/mol. The number of rotatable bonds is 4. The van der Waals surface area contributed by atoms with E-state index in [2.05, 4.69) is 26.6 Å². The number of halogens is 1. The number of carbonyl (C=O) groups excluding carboxylic acids is 1. The second-order valence-corrected chi connectivity index (χ2v) is 5.06. The topological polar surface area (TPSA) is 93.5 Å². The van der Waals surface area contributed by atoms with Crippen LogP contribution in [0.15, 0.2) is 46.9 Å². The fourth-order valence-corrected chi connectivity index (χ4v) is 2.13. The van der Waals surface area contributed by atoms with Gasteiger partial charge in [0.25, 0.3) is 5.69 Å². The van der Waals surface area contributed by atoms with Crippen LogP contribution >= 0.6 is 15.9 Å². The van der Waals surface area contributed by atoms with Gasteiger partial charge in [0.15, 0.2) is 0 Å². The minimum Gasteiger partial charge on any atom is -0.495 e. The number of nitrogens with zero attached hydrogens (tertiary/aromatic N) is 1. The summed E-state index contributed by atoms with van der Waals surface area (Å²) in [5.74, 6) is 0.327. The van der Waals surface area contributed by atoms with Crippen LogP contribution in [0.3, 0.4) is 0 Å². The maximum absolute atomic E-state index is 12.0. The molecule has 2 aromatic carbocycles. The molecule has 22 heavy (non-hydrogen) atoms. The smallest absolute Gasteiger partial charge is 0.323 e. The highest BCUT2D eigenvalue weighted by molar-refractivity contribution is 9.10. The van der Waals surface area contributed by atoms with Crippen molar-refractivity contribution in [3.05, 3.63) is 57.1 Å². The third kappa shape index (κ3) is 3.73. The molecule has 2 rings (SSSR count). The molecule has 2 aromatic rings. The van der Waals surface area contributed by atoms with Crippen LogP contribution in [0.5, 0.6) is 5.75 Å². The standard InChI is InChI=1S/C14H12BrN3O4/c1-22-13-7-6-9(18(20)21)8-12(13)17-14(19)16-11-5-3-2-4-10(11)15/h2-8H,1H3,(H2,16,17,19). The van der Waals surface area contributed by atoms with E-state index < -0.39 is 11.0 Å². The number of carbonyl (C=O) groups is 1. The van der Waals surface area contributed by atoms with Gasteiger partial charge in [0.2, 0.25) is 0 Å². The summed E-state index contributed by atoms with van der Waals surface area (Å²) in [6.45, 7) is 0. The lowest BCUT2D eigenvalue weighted by Crippen LogP contribution is -2.20. The maximum Gasteiger partial charge on any atom is 0.323 e. The van der Waals surface area contributed by atoms with Crippen molar-refractivity contribution in [2.75, 3.05) is 17.7 Å². The molecule has 0 saturated carbocycles. The Kier molecular flexibility index (Phi) is 4.95. The molecule has 0 aliphatic heterocycles. The number of amides is 2. The zero-order valence-corrected chi connectivity index (χ0v) is 13.1. The zero-order chi connectivity index (χ0) is 16.1. The number of nitrogens with one attached hydrogen (secondary N) is 2. The average Bonchev–Trinajstić information content (AvgIpc) is 2.49. The van der Waals surface area contributed by atoms with E-state index in [4.69, 9.17) is 4.74 Å². The van der Waals surface area contributed by atoms with Gasteiger partial charge in [-0.3, -0.25) is 10.1 Å². The molecule has 0 aliphatic carbocycles. The average molecular weight is 366 g/mol. The van der Waals surface area contributed by atoms with Crippen molar-refractivity contribution in [1.29, 1.82) is 0 Å². The van der Waals surface area contributed by atoms with E-state index in [0.29, 0.717) is 11.4 Å². The van der Waals surface area contributed by atoms with Crippen LogP contribution in [0.2, 0.25) is 0 Å². The Morgan fingerprint density at radius 1 is 1.18 bits per heavy atom. The molecule has 0 spiro atoms. The summed E-state index contributed by atoms with van der Waals surface area (Å²) in [4.78, 5) is 22.3. The molecule has 114 valence electrons. The van der Waals surface area contributed by atoms with Crippen molar-refractivity contribution in [2.24, 2.45) is 0 Å². The summed E-state index contributed by atoms with van der Waals surface area (Å²) in [6.07, 6.45) is 0. The maximum atomic E-state index is 12.0. The van der Waals surface area contributed by atoms with Crippen molar-refractivity contribution < 1.29 is 14.5 Å². The van der Waals surface area contributed by atoms with Crippen LogP contribution in [0, 0.1) is 10.1 Å². The minimum absolute atomic E-state index is 0.142. The summed E-state index contributed by atoms with van der Waals surface area (Å²) in [5.41, 5.74) is 0.641. The predicted octanol–water partition coefficient (Wildman–Crippen LogP) is 4.01. The second kappa shape index (κ2) is 6.90. The molecule has 0 unspecified atom stereocenters. The van der Waals surface area contributed by atoms with Gasteiger partial charge in [0, 0.05) is 16.6 Å². The van der Waals surface area contributed by atoms with Crippen LogP contribution in [0.1, 0.15) is 0 Å². The van der Waals surface area contributed by atoms with E-state index in [1.165, 1.54) is 25.3 Å². The Morgan fingerprint density at radius 3 is 2.50 bits per heavy atom. The summed E-state index contributed by atoms with van der Waals surface area (Å²) >= 11 is 3.31. The fraction of sp³-hybridized carbons (Fsp3) is 0.0714. The molecule has 2 amide bonds. The number of methoxy groups -OCH3 is 1. The molecule has 0 radical (unpaired) electrons. The summed E-state index contributed by atoms with van der Waals surface area (Å²) in [5, 5.41) is 16.0. The lowest BCUT2D eigenvalue weighted by atomic mass is 10.2. The highest BCUT2D eigenvalue weighted by Gasteiger charge is 2.14. The monoisotopic (exact) mass is 365 g/mol. The number of anilines is 2. The summed E-state index contributed by atoms with van der Waals surface area (Å²) in [7, 11) is 1.41. The van der Waals surface area contributed by atoms with Gasteiger partial charge < -0.3 is 15.4 Å². The Labute approximate surface area is 134 Å². The molecule has 7 nitrogen and oxygen atoms in total. The normalized spacial score (nSPS) is 9.91. The van der Waals surface area contributed by atoms with Gasteiger partial charge in [-0.25, -0.2) is 4.79 Å². The van der Waals surface area contributed by atoms with Crippen LogP contribution < -0.4 is 15.4 Å². The Balaban J connectivity index is 2.19. The first-order chi connectivity index (χ1) is 10.5. The summed E-state index contributed by atoms with van der Waals surface area (Å²) in [6, 6.07) is 10.5. The molecule has 0 bridgehead atoms. The number of benzene rings is 2. The van der Waals surface area contributed by atoms with Crippen LogP contribution in [-0.2, 0) is 0 Å². The molecule has 0 atom stereocenters. The lowest BCUT2D eigenvalue weighted by molar-refractivity contribution is -0.384. The number of non-ortho nitro benzene ring substituents is 1. The largest absolute Gasteiger partial charge is 0.495 e. The van der Waals surface area contributed by atoms with Crippen molar-refractivity contribution in [3.8, 4) is 5.75 Å². The highest BCUT2D eigenvalue weighted by Crippen LogP contribution is 2.29. The first-order valence-electron chi connectivity index (χ1n) is 6.16. The fourth-order valence-electron chi connectivity index (χ4n) is 1.75. The number of para-hydroxylation sites is 1. The number of hydrogen-bond donors (Lipinski definition) is 2. The number of hydrogen-bond acceptors (Lipinski definition) is 4. The van der Waals surface area contributed by atoms with Crippen LogP contribution in [0.4, 0.5) is 21.9 Å². The quantitative estimate of drug-likeness (QED) is 0.632. The lowest BCUT2D eigenvalue weighted by Gasteiger charge is -2.11. The van der Waals surface area contributed by atoms with Gasteiger partial charge in [-0.15, -0.1) is 0 Å². The zero-order valence-electron chi connectivity index (χ0n) is 11.5. The van der Waals surface area contributed by atoms with Crippen molar-refractivity contribution >= 4 is 39.0 Å². The van der Waals surface area contributed by atoms with E-state index in [9.17, 15) is 14.9 Å². The van der Waals surface area contributed by atoms with Crippen molar-refractivity contribution in [3.63, 3.8) is 0 Å². The van der Waals surface area contributed by atoms with Gasteiger partial charge >= 0.3 is 6.03 Å². The number of ether oxygens (including phenoxy) is 1. The summed E-state index contributed by atoms with van der Waals surface area (Å²) < 4.78 is 5.80. The van der Waals surface area contributed by atoms with E-state index in [1.54, 1.807) is 18.2 Å². The molecule has 0 aliphatic rings. The molecule has 8 heteroatoms. The molecule has 0 aromatic heterocycles. The van der Waals surface area contributed by atoms with E-state index in [-0.39, 0.29) is 11.4 Å². The van der Waals surface area contributed by atoms with Crippen LogP contribution in [-0.4, -0.2) is 18.1 Å². The minimum atomic E-state index is -0.545. The molecular formula is C14H12BrN3O4. The third-order valence-electron chi connectivity index (χ3n) is 2.76. The van der Waals surface area contributed by atoms with Gasteiger partial charge in [-0.2, -0.15) is 0 Å². The molecule has 0 heterocycles.